The number of carbonyl (C=O) groups excluding carboxylic acids is 1. The molecule has 2 aromatic rings. The first-order valence-corrected chi connectivity index (χ1v) is 7.47. The minimum absolute atomic E-state index is 0.00654. The van der Waals surface area contributed by atoms with Crippen LogP contribution < -0.4 is 14.8 Å². The van der Waals surface area contributed by atoms with E-state index in [4.69, 9.17) is 14.7 Å². The summed E-state index contributed by atoms with van der Waals surface area (Å²) in [6.45, 7) is 1.45. The number of halogens is 3. The molecule has 0 fully saturated rings. The van der Waals surface area contributed by atoms with Crippen molar-refractivity contribution in [2.24, 2.45) is 0 Å². The van der Waals surface area contributed by atoms with Crippen LogP contribution in [0.15, 0.2) is 42.5 Å². The largest absolute Gasteiger partial charge is 0.493 e. The highest BCUT2D eigenvalue weighted by Gasteiger charge is 2.30. The van der Waals surface area contributed by atoms with E-state index in [1.165, 1.54) is 44.4 Å². The number of nitrogens with zero attached hydrogens (tertiary/aromatic N) is 1. The van der Waals surface area contributed by atoms with E-state index in [1.54, 1.807) is 0 Å². The fourth-order valence-electron chi connectivity index (χ4n) is 2.10. The Morgan fingerprint density at radius 2 is 1.92 bits per heavy atom. The van der Waals surface area contributed by atoms with E-state index in [2.05, 4.69) is 5.32 Å². The molecule has 0 saturated heterocycles. The highest BCUT2D eigenvalue weighted by molar-refractivity contribution is 5.94. The summed E-state index contributed by atoms with van der Waals surface area (Å²) < 4.78 is 48.8. The molecular weight excluding hydrogens is 349 g/mol. The van der Waals surface area contributed by atoms with Crippen molar-refractivity contribution in [3.63, 3.8) is 0 Å². The van der Waals surface area contributed by atoms with E-state index in [9.17, 15) is 18.0 Å². The normalized spacial score (nSPS) is 12.0. The SMILES string of the molecule is COc1cc(C#N)ccc1O[C@H](C)C(=O)Nc1cccc(C(F)(F)F)c1. The second-order valence-electron chi connectivity index (χ2n) is 5.31. The van der Waals surface area contributed by atoms with Crippen LogP contribution >= 0.6 is 0 Å². The number of carbonyl (C=O) groups is 1. The summed E-state index contributed by atoms with van der Waals surface area (Å²) in [5, 5.41) is 11.2. The molecule has 0 bridgehead atoms. The van der Waals surface area contributed by atoms with Gasteiger partial charge in [-0.1, -0.05) is 6.07 Å². The van der Waals surface area contributed by atoms with Crippen molar-refractivity contribution >= 4 is 11.6 Å². The Labute approximate surface area is 148 Å². The molecule has 26 heavy (non-hydrogen) atoms. The molecular formula is C18H15F3N2O3. The van der Waals surface area contributed by atoms with Gasteiger partial charge in [-0.05, 0) is 37.3 Å². The van der Waals surface area contributed by atoms with Crippen molar-refractivity contribution in [2.75, 3.05) is 12.4 Å². The van der Waals surface area contributed by atoms with E-state index in [-0.39, 0.29) is 17.2 Å². The van der Waals surface area contributed by atoms with Crippen molar-refractivity contribution in [1.82, 2.24) is 0 Å². The number of amides is 1. The molecule has 0 saturated carbocycles. The van der Waals surface area contributed by atoms with Crippen LogP contribution in [0.2, 0.25) is 0 Å². The second kappa shape index (κ2) is 7.78. The van der Waals surface area contributed by atoms with Gasteiger partial charge in [0, 0.05) is 11.8 Å². The summed E-state index contributed by atoms with van der Waals surface area (Å²) in [5.41, 5.74) is -0.500. The van der Waals surface area contributed by atoms with Crippen molar-refractivity contribution in [3.8, 4) is 17.6 Å². The molecule has 136 valence electrons. The fourth-order valence-corrected chi connectivity index (χ4v) is 2.10. The van der Waals surface area contributed by atoms with Gasteiger partial charge in [-0.2, -0.15) is 18.4 Å². The summed E-state index contributed by atoms with van der Waals surface area (Å²) in [6.07, 6.45) is -5.51. The van der Waals surface area contributed by atoms with Crippen LogP contribution in [0.1, 0.15) is 18.1 Å². The summed E-state index contributed by atoms with van der Waals surface area (Å²) >= 11 is 0. The molecule has 0 heterocycles. The number of hydrogen-bond donors (Lipinski definition) is 1. The average Bonchev–Trinajstić information content (AvgIpc) is 2.61. The van der Waals surface area contributed by atoms with E-state index in [0.29, 0.717) is 5.56 Å². The molecule has 0 aliphatic heterocycles. The third kappa shape index (κ3) is 4.66. The van der Waals surface area contributed by atoms with Crippen LogP contribution in [0, 0.1) is 11.3 Å². The third-order valence-electron chi connectivity index (χ3n) is 3.42. The molecule has 1 amide bonds. The molecule has 0 aliphatic rings. The maximum absolute atomic E-state index is 12.7. The van der Waals surface area contributed by atoms with Crippen molar-refractivity contribution in [2.45, 2.75) is 19.2 Å². The first-order valence-electron chi connectivity index (χ1n) is 7.47. The lowest BCUT2D eigenvalue weighted by Gasteiger charge is -2.17. The Bertz CT molecular complexity index is 844. The molecule has 0 spiro atoms. The standard InChI is InChI=1S/C18H15F3N2O3/c1-11(26-15-7-6-12(10-22)8-16(15)25-2)17(24)23-14-5-3-4-13(9-14)18(19,20)21/h3-9,11H,1-2H3,(H,23,24)/t11-/m1/s1. The Hall–Kier alpha value is -3.21. The van der Waals surface area contributed by atoms with Crippen LogP contribution in [0.4, 0.5) is 18.9 Å². The van der Waals surface area contributed by atoms with Gasteiger partial charge in [0.05, 0.1) is 24.3 Å². The predicted molar refractivity (Wildman–Crippen MR) is 87.9 cm³/mol. The Morgan fingerprint density at radius 1 is 1.19 bits per heavy atom. The zero-order valence-corrected chi connectivity index (χ0v) is 13.9. The first kappa shape index (κ1) is 19.1. The molecule has 1 atom stereocenters. The van der Waals surface area contributed by atoms with Gasteiger partial charge in [-0.15, -0.1) is 0 Å². The molecule has 5 nitrogen and oxygen atoms in total. The average molecular weight is 364 g/mol. The lowest BCUT2D eigenvalue weighted by molar-refractivity contribution is -0.137. The maximum Gasteiger partial charge on any atom is 0.416 e. The van der Waals surface area contributed by atoms with Gasteiger partial charge in [0.25, 0.3) is 5.91 Å². The number of ether oxygens (including phenoxy) is 2. The molecule has 0 aromatic heterocycles. The number of rotatable bonds is 5. The van der Waals surface area contributed by atoms with Crippen molar-refractivity contribution in [3.05, 3.63) is 53.6 Å². The van der Waals surface area contributed by atoms with Gasteiger partial charge in [-0.25, -0.2) is 0 Å². The van der Waals surface area contributed by atoms with Crippen LogP contribution in [-0.2, 0) is 11.0 Å². The molecule has 0 radical (unpaired) electrons. The zero-order chi connectivity index (χ0) is 19.3. The number of anilines is 1. The Kier molecular flexibility index (Phi) is 5.72. The van der Waals surface area contributed by atoms with Crippen molar-refractivity contribution < 1.29 is 27.4 Å². The monoisotopic (exact) mass is 364 g/mol. The first-order chi connectivity index (χ1) is 12.2. The third-order valence-corrected chi connectivity index (χ3v) is 3.42. The van der Waals surface area contributed by atoms with E-state index >= 15 is 0 Å². The molecule has 2 rings (SSSR count). The van der Waals surface area contributed by atoms with Crippen LogP contribution in [0.5, 0.6) is 11.5 Å². The number of alkyl halides is 3. The summed E-state index contributed by atoms with van der Waals surface area (Å²) in [5.74, 6) is -0.128. The van der Waals surface area contributed by atoms with Gasteiger partial charge in [0.1, 0.15) is 0 Å². The number of benzene rings is 2. The maximum atomic E-state index is 12.7. The lowest BCUT2D eigenvalue weighted by atomic mass is 10.2. The lowest BCUT2D eigenvalue weighted by Crippen LogP contribution is -2.30. The number of nitriles is 1. The molecule has 8 heteroatoms. The van der Waals surface area contributed by atoms with Crippen LogP contribution in [-0.4, -0.2) is 19.1 Å². The Morgan fingerprint density at radius 3 is 2.54 bits per heavy atom. The minimum atomic E-state index is -4.50. The number of nitrogens with one attached hydrogen (secondary N) is 1. The van der Waals surface area contributed by atoms with Gasteiger partial charge >= 0.3 is 6.18 Å². The van der Waals surface area contributed by atoms with Crippen LogP contribution in [0.25, 0.3) is 0 Å². The highest BCUT2D eigenvalue weighted by Crippen LogP contribution is 2.31. The summed E-state index contributed by atoms with van der Waals surface area (Å²) in [4.78, 5) is 12.2. The predicted octanol–water partition coefficient (Wildman–Crippen LogP) is 3.99. The van der Waals surface area contributed by atoms with Gasteiger partial charge < -0.3 is 14.8 Å². The number of methoxy groups -OCH3 is 1. The smallest absolute Gasteiger partial charge is 0.416 e. The van der Waals surface area contributed by atoms with Gasteiger partial charge in [0.2, 0.25) is 0 Å². The highest BCUT2D eigenvalue weighted by atomic mass is 19.4. The van der Waals surface area contributed by atoms with Crippen molar-refractivity contribution in [1.29, 1.82) is 5.26 Å². The van der Waals surface area contributed by atoms with E-state index in [0.717, 1.165) is 12.1 Å². The number of hydrogen-bond acceptors (Lipinski definition) is 4. The fraction of sp³-hybridized carbons (Fsp3) is 0.222. The molecule has 1 N–H and O–H groups in total. The Balaban J connectivity index is 2.10. The molecule has 2 aromatic carbocycles. The molecule has 0 unspecified atom stereocenters. The van der Waals surface area contributed by atoms with Gasteiger partial charge in [-0.3, -0.25) is 4.79 Å². The topological polar surface area (TPSA) is 71.3 Å². The summed E-state index contributed by atoms with van der Waals surface area (Å²) in [6, 6.07) is 10.7. The van der Waals surface area contributed by atoms with E-state index < -0.39 is 23.8 Å². The van der Waals surface area contributed by atoms with E-state index in [1.807, 2.05) is 6.07 Å². The zero-order valence-electron chi connectivity index (χ0n) is 13.9. The minimum Gasteiger partial charge on any atom is -0.493 e. The summed E-state index contributed by atoms with van der Waals surface area (Å²) in [7, 11) is 1.39. The second-order valence-corrected chi connectivity index (χ2v) is 5.31. The van der Waals surface area contributed by atoms with Gasteiger partial charge in [0.15, 0.2) is 17.6 Å². The quantitative estimate of drug-likeness (QED) is 0.871. The van der Waals surface area contributed by atoms with Crippen LogP contribution in [0.3, 0.4) is 0 Å². The molecule has 0 aliphatic carbocycles.